The number of carbonyl (C=O) groups excluding carboxylic acids is 2. The van der Waals surface area contributed by atoms with Gasteiger partial charge in [-0.15, -0.1) is 0 Å². The highest BCUT2D eigenvalue weighted by Crippen LogP contribution is 2.32. The number of aromatic nitrogens is 1. The van der Waals surface area contributed by atoms with Crippen LogP contribution in [0.4, 0.5) is 5.69 Å². The average Bonchev–Trinajstić information content (AvgIpc) is 2.41. The average molecular weight is 255 g/mol. The van der Waals surface area contributed by atoms with Crippen molar-refractivity contribution in [2.75, 3.05) is 5.73 Å². The Kier molecular flexibility index (Phi) is 2.67. The molecule has 1 aromatic heterocycles. The summed E-state index contributed by atoms with van der Waals surface area (Å²) < 4.78 is 0. The molecule has 19 heavy (non-hydrogen) atoms. The molecule has 1 aliphatic heterocycles. The van der Waals surface area contributed by atoms with Crippen LogP contribution in [0.15, 0.2) is 30.6 Å². The Morgan fingerprint density at radius 3 is 2.84 bits per heavy atom. The number of amides is 2. The number of anilines is 1. The molecule has 0 saturated carbocycles. The molecule has 96 valence electrons. The highest BCUT2D eigenvalue weighted by atomic mass is 16.2. The van der Waals surface area contributed by atoms with E-state index in [0.29, 0.717) is 18.5 Å². The lowest BCUT2D eigenvalue weighted by molar-refractivity contribution is -0.134. The number of pyridine rings is 1. The molecule has 0 radical (unpaired) electrons. The Labute approximate surface area is 109 Å². The van der Waals surface area contributed by atoms with Crippen molar-refractivity contribution in [1.29, 1.82) is 0 Å². The fraction of sp³-hybridized carbons (Fsp3) is 0.214. The summed E-state index contributed by atoms with van der Waals surface area (Å²) in [7, 11) is 0. The highest BCUT2D eigenvalue weighted by molar-refractivity contribution is 6.04. The molecule has 2 aromatic rings. The van der Waals surface area contributed by atoms with E-state index >= 15 is 0 Å². The molecule has 1 unspecified atom stereocenters. The molecule has 2 amide bonds. The van der Waals surface area contributed by atoms with E-state index in [1.54, 1.807) is 18.5 Å². The summed E-state index contributed by atoms with van der Waals surface area (Å²) in [5.74, 6) is -0.768. The first kappa shape index (κ1) is 11.6. The Morgan fingerprint density at radius 1 is 1.21 bits per heavy atom. The topological polar surface area (TPSA) is 85.1 Å². The number of nitrogens with one attached hydrogen (secondary N) is 1. The molecule has 3 rings (SSSR count). The number of carbonyl (C=O) groups is 2. The van der Waals surface area contributed by atoms with Gasteiger partial charge in [-0.25, -0.2) is 0 Å². The molecule has 1 aliphatic rings. The number of rotatable bonds is 1. The van der Waals surface area contributed by atoms with Gasteiger partial charge in [-0.2, -0.15) is 0 Å². The third-order valence-corrected chi connectivity index (χ3v) is 3.50. The fourth-order valence-corrected chi connectivity index (χ4v) is 2.53. The summed E-state index contributed by atoms with van der Waals surface area (Å²) >= 11 is 0. The van der Waals surface area contributed by atoms with E-state index in [9.17, 15) is 9.59 Å². The normalized spacial score (nSPS) is 19.5. The zero-order valence-corrected chi connectivity index (χ0v) is 10.2. The first-order valence-corrected chi connectivity index (χ1v) is 6.12. The SMILES string of the molecule is Nc1ccc(C2CCC(=O)NC2=O)c2cnccc12. The van der Waals surface area contributed by atoms with E-state index < -0.39 is 0 Å². The van der Waals surface area contributed by atoms with Crippen LogP contribution in [0.25, 0.3) is 10.8 Å². The second-order valence-corrected chi connectivity index (χ2v) is 4.67. The molecule has 0 aliphatic carbocycles. The van der Waals surface area contributed by atoms with Gasteiger partial charge in [0.1, 0.15) is 0 Å². The molecule has 5 nitrogen and oxygen atoms in total. The number of nitrogens with two attached hydrogens (primary N) is 1. The van der Waals surface area contributed by atoms with Crippen LogP contribution >= 0.6 is 0 Å². The molecule has 0 spiro atoms. The van der Waals surface area contributed by atoms with E-state index in [4.69, 9.17) is 5.73 Å². The monoisotopic (exact) mass is 255 g/mol. The summed E-state index contributed by atoms with van der Waals surface area (Å²) in [6.07, 6.45) is 4.28. The molecule has 1 saturated heterocycles. The first-order chi connectivity index (χ1) is 9.16. The van der Waals surface area contributed by atoms with E-state index in [1.807, 2.05) is 12.1 Å². The molecule has 5 heteroatoms. The molecule has 1 aromatic carbocycles. The molecular formula is C14H13N3O2. The van der Waals surface area contributed by atoms with Crippen molar-refractivity contribution >= 4 is 28.3 Å². The van der Waals surface area contributed by atoms with Crippen LogP contribution in [0.2, 0.25) is 0 Å². The summed E-state index contributed by atoms with van der Waals surface area (Å²) in [5, 5.41) is 4.14. The van der Waals surface area contributed by atoms with Crippen LogP contribution in [-0.4, -0.2) is 16.8 Å². The van der Waals surface area contributed by atoms with E-state index in [1.165, 1.54) is 0 Å². The molecule has 1 fully saturated rings. The molecule has 0 bridgehead atoms. The zero-order valence-electron chi connectivity index (χ0n) is 10.2. The minimum absolute atomic E-state index is 0.209. The van der Waals surface area contributed by atoms with Gasteiger partial charge in [0.2, 0.25) is 11.8 Å². The van der Waals surface area contributed by atoms with Crippen LogP contribution in [-0.2, 0) is 9.59 Å². The summed E-state index contributed by atoms with van der Waals surface area (Å²) in [4.78, 5) is 27.2. The van der Waals surface area contributed by atoms with Crippen molar-refractivity contribution in [3.05, 3.63) is 36.2 Å². The fourth-order valence-electron chi connectivity index (χ4n) is 2.53. The molecule has 2 heterocycles. The van der Waals surface area contributed by atoms with Crippen molar-refractivity contribution < 1.29 is 9.59 Å². The lowest BCUT2D eigenvalue weighted by Gasteiger charge is -2.22. The smallest absolute Gasteiger partial charge is 0.234 e. The van der Waals surface area contributed by atoms with Crippen molar-refractivity contribution in [3.63, 3.8) is 0 Å². The number of benzene rings is 1. The minimum Gasteiger partial charge on any atom is -0.398 e. The molecular weight excluding hydrogens is 242 g/mol. The van der Waals surface area contributed by atoms with Crippen LogP contribution in [0.5, 0.6) is 0 Å². The first-order valence-electron chi connectivity index (χ1n) is 6.12. The Bertz CT molecular complexity index is 681. The van der Waals surface area contributed by atoms with Gasteiger partial charge in [-0.1, -0.05) is 6.07 Å². The third kappa shape index (κ3) is 1.93. The van der Waals surface area contributed by atoms with Crippen LogP contribution in [0, 0.1) is 0 Å². The van der Waals surface area contributed by atoms with Gasteiger partial charge in [-0.05, 0) is 24.1 Å². The number of hydrogen-bond acceptors (Lipinski definition) is 4. The Hall–Kier alpha value is -2.43. The van der Waals surface area contributed by atoms with Gasteiger partial charge in [-0.3, -0.25) is 19.9 Å². The van der Waals surface area contributed by atoms with E-state index in [2.05, 4.69) is 10.3 Å². The standard InChI is InChI=1S/C14H13N3O2/c15-12-3-1-8(11-7-16-6-5-9(11)12)10-2-4-13(18)17-14(10)19/h1,3,5-7,10H,2,4,15H2,(H,17,18,19). The van der Waals surface area contributed by atoms with E-state index in [0.717, 1.165) is 16.3 Å². The number of nitrogens with zero attached hydrogens (tertiary/aromatic N) is 1. The van der Waals surface area contributed by atoms with Crippen molar-refractivity contribution in [3.8, 4) is 0 Å². The summed E-state index contributed by atoms with van der Waals surface area (Å²) in [6.45, 7) is 0. The number of piperidine rings is 1. The van der Waals surface area contributed by atoms with Crippen molar-refractivity contribution in [1.82, 2.24) is 10.3 Å². The van der Waals surface area contributed by atoms with Gasteiger partial charge in [0.05, 0.1) is 5.92 Å². The second-order valence-electron chi connectivity index (χ2n) is 4.67. The maximum absolute atomic E-state index is 12.0. The predicted molar refractivity (Wildman–Crippen MR) is 71.3 cm³/mol. The van der Waals surface area contributed by atoms with Gasteiger partial charge < -0.3 is 5.73 Å². The van der Waals surface area contributed by atoms with Crippen LogP contribution in [0.1, 0.15) is 24.3 Å². The van der Waals surface area contributed by atoms with Crippen LogP contribution in [0.3, 0.4) is 0 Å². The number of hydrogen-bond donors (Lipinski definition) is 2. The number of fused-ring (bicyclic) bond motifs is 1. The number of nitrogen functional groups attached to an aromatic ring is 1. The molecule has 3 N–H and O–H groups in total. The van der Waals surface area contributed by atoms with Gasteiger partial charge >= 0.3 is 0 Å². The maximum atomic E-state index is 12.0. The summed E-state index contributed by atoms with van der Waals surface area (Å²) in [6, 6.07) is 5.47. The van der Waals surface area contributed by atoms with Gasteiger partial charge in [0.25, 0.3) is 0 Å². The lowest BCUT2D eigenvalue weighted by Crippen LogP contribution is -2.39. The van der Waals surface area contributed by atoms with Gasteiger partial charge in [0.15, 0.2) is 0 Å². The van der Waals surface area contributed by atoms with Crippen molar-refractivity contribution in [2.45, 2.75) is 18.8 Å². The zero-order chi connectivity index (χ0) is 13.4. The Balaban J connectivity index is 2.13. The van der Waals surface area contributed by atoms with Gasteiger partial charge in [0, 0.05) is 35.3 Å². The van der Waals surface area contributed by atoms with Crippen LogP contribution < -0.4 is 11.1 Å². The lowest BCUT2D eigenvalue weighted by atomic mass is 9.87. The van der Waals surface area contributed by atoms with Crippen molar-refractivity contribution in [2.24, 2.45) is 0 Å². The highest BCUT2D eigenvalue weighted by Gasteiger charge is 2.29. The second kappa shape index (κ2) is 4.35. The third-order valence-electron chi connectivity index (χ3n) is 3.50. The summed E-state index contributed by atoms with van der Waals surface area (Å²) in [5.41, 5.74) is 7.47. The molecule has 1 atom stereocenters. The van der Waals surface area contributed by atoms with E-state index in [-0.39, 0.29) is 17.7 Å². The minimum atomic E-state index is -0.315. The largest absolute Gasteiger partial charge is 0.398 e. The quantitative estimate of drug-likeness (QED) is 0.594. The number of imide groups is 1. The Morgan fingerprint density at radius 2 is 2.05 bits per heavy atom. The predicted octanol–water partition coefficient (Wildman–Crippen LogP) is 1.34. The maximum Gasteiger partial charge on any atom is 0.234 e.